The van der Waals surface area contributed by atoms with E-state index in [0.29, 0.717) is 6.42 Å². The van der Waals surface area contributed by atoms with E-state index in [1.807, 2.05) is 55.6 Å². The van der Waals surface area contributed by atoms with Crippen molar-refractivity contribution in [1.82, 2.24) is 15.1 Å². The summed E-state index contributed by atoms with van der Waals surface area (Å²) >= 11 is 0. The lowest BCUT2D eigenvalue weighted by Gasteiger charge is -2.15. The zero-order valence-corrected chi connectivity index (χ0v) is 15.2. The predicted octanol–water partition coefficient (Wildman–Crippen LogP) is 4.45. The minimum absolute atomic E-state index is 0.0162. The van der Waals surface area contributed by atoms with Crippen LogP contribution in [0.3, 0.4) is 0 Å². The van der Waals surface area contributed by atoms with Gasteiger partial charge < -0.3 is 5.32 Å². The van der Waals surface area contributed by atoms with Crippen molar-refractivity contribution in [3.63, 3.8) is 0 Å². The Morgan fingerprint density at radius 2 is 1.78 bits per heavy atom. The van der Waals surface area contributed by atoms with Crippen molar-refractivity contribution >= 4 is 16.7 Å². The third-order valence-corrected chi connectivity index (χ3v) is 4.72. The van der Waals surface area contributed by atoms with Gasteiger partial charge in [-0.3, -0.25) is 4.79 Å². The van der Waals surface area contributed by atoms with Gasteiger partial charge in [-0.2, -0.15) is 5.10 Å². The van der Waals surface area contributed by atoms with Crippen molar-refractivity contribution in [1.29, 1.82) is 0 Å². The van der Waals surface area contributed by atoms with Crippen molar-refractivity contribution in [2.75, 3.05) is 0 Å². The molecule has 4 rings (SSSR count). The molecule has 0 radical (unpaired) electrons. The van der Waals surface area contributed by atoms with Crippen LogP contribution >= 0.6 is 0 Å². The molecule has 0 fully saturated rings. The molecule has 0 aliphatic rings. The Labute approximate surface area is 158 Å². The summed E-state index contributed by atoms with van der Waals surface area (Å²) in [6.07, 6.45) is 4.00. The molecule has 4 heteroatoms. The first kappa shape index (κ1) is 17.0. The molecular formula is C23H21N3O. The number of aromatic nitrogens is 2. The van der Waals surface area contributed by atoms with Gasteiger partial charge in [-0.15, -0.1) is 0 Å². The fraction of sp³-hybridized carbons (Fsp3) is 0.130. The average molecular weight is 355 g/mol. The normalized spacial score (nSPS) is 12.0. The molecule has 0 bridgehead atoms. The van der Waals surface area contributed by atoms with Gasteiger partial charge >= 0.3 is 0 Å². The van der Waals surface area contributed by atoms with Gasteiger partial charge in [0, 0.05) is 12.4 Å². The lowest BCUT2D eigenvalue weighted by molar-refractivity contribution is -0.121. The molecule has 4 nitrogen and oxygen atoms in total. The monoisotopic (exact) mass is 355 g/mol. The van der Waals surface area contributed by atoms with Gasteiger partial charge in [-0.1, -0.05) is 48.5 Å². The molecule has 3 aromatic carbocycles. The lowest BCUT2D eigenvalue weighted by atomic mass is 10.0. The van der Waals surface area contributed by atoms with Crippen LogP contribution in [0.25, 0.3) is 16.5 Å². The summed E-state index contributed by atoms with van der Waals surface area (Å²) in [5, 5.41) is 9.70. The maximum Gasteiger partial charge on any atom is 0.224 e. The van der Waals surface area contributed by atoms with E-state index in [4.69, 9.17) is 0 Å². The molecule has 0 aliphatic heterocycles. The molecule has 0 aliphatic carbocycles. The van der Waals surface area contributed by atoms with Crippen LogP contribution < -0.4 is 5.32 Å². The number of nitrogens with one attached hydrogen (secondary N) is 1. The quantitative estimate of drug-likeness (QED) is 0.575. The van der Waals surface area contributed by atoms with Crippen molar-refractivity contribution in [3.8, 4) is 5.69 Å². The highest BCUT2D eigenvalue weighted by molar-refractivity contribution is 5.83. The first-order valence-electron chi connectivity index (χ1n) is 9.06. The second-order valence-corrected chi connectivity index (χ2v) is 6.69. The Kier molecular flexibility index (Phi) is 4.71. The maximum absolute atomic E-state index is 12.4. The first-order chi connectivity index (χ1) is 13.2. The smallest absolute Gasteiger partial charge is 0.224 e. The highest BCUT2D eigenvalue weighted by Gasteiger charge is 2.11. The number of benzene rings is 3. The van der Waals surface area contributed by atoms with Crippen LogP contribution in [0.2, 0.25) is 0 Å². The van der Waals surface area contributed by atoms with Gasteiger partial charge in [0.1, 0.15) is 0 Å². The number of rotatable bonds is 5. The van der Waals surface area contributed by atoms with Gasteiger partial charge in [-0.05, 0) is 53.1 Å². The van der Waals surface area contributed by atoms with Gasteiger partial charge in [0.25, 0.3) is 0 Å². The Hall–Kier alpha value is -3.40. The van der Waals surface area contributed by atoms with Crippen LogP contribution in [-0.4, -0.2) is 15.7 Å². The van der Waals surface area contributed by atoms with E-state index in [0.717, 1.165) is 16.8 Å². The topological polar surface area (TPSA) is 46.9 Å². The van der Waals surface area contributed by atoms with E-state index in [9.17, 15) is 4.79 Å². The van der Waals surface area contributed by atoms with Crippen molar-refractivity contribution in [2.45, 2.75) is 19.4 Å². The highest BCUT2D eigenvalue weighted by Crippen LogP contribution is 2.20. The zero-order valence-electron chi connectivity index (χ0n) is 15.2. The highest BCUT2D eigenvalue weighted by atomic mass is 16.1. The average Bonchev–Trinajstić information content (AvgIpc) is 3.23. The fourth-order valence-electron chi connectivity index (χ4n) is 3.23. The molecule has 1 aromatic heterocycles. The number of nitrogens with zero attached hydrogens (tertiary/aromatic N) is 2. The Bertz CT molecular complexity index is 1050. The second kappa shape index (κ2) is 7.46. The summed E-state index contributed by atoms with van der Waals surface area (Å²) in [5.74, 6) is 0.0162. The predicted molar refractivity (Wildman–Crippen MR) is 108 cm³/mol. The molecule has 27 heavy (non-hydrogen) atoms. The molecule has 1 amide bonds. The summed E-state index contributed by atoms with van der Waals surface area (Å²) in [4.78, 5) is 12.4. The standard InChI is InChI=1S/C23H21N3O/c1-17(20-10-9-19-5-2-3-6-21(19)16-20)25-23(27)15-18-7-11-22(12-8-18)26-14-4-13-24-26/h2-14,16-17H,15H2,1H3,(H,25,27). The maximum atomic E-state index is 12.4. The van der Waals surface area contributed by atoms with Crippen LogP contribution in [0.15, 0.2) is 85.2 Å². The van der Waals surface area contributed by atoms with Crippen molar-refractivity contribution in [2.24, 2.45) is 0 Å². The van der Waals surface area contributed by atoms with E-state index < -0.39 is 0 Å². The van der Waals surface area contributed by atoms with Crippen LogP contribution in [0.5, 0.6) is 0 Å². The fourth-order valence-corrected chi connectivity index (χ4v) is 3.23. The minimum Gasteiger partial charge on any atom is -0.349 e. The summed E-state index contributed by atoms with van der Waals surface area (Å²) in [5.41, 5.74) is 3.07. The number of fused-ring (bicyclic) bond motifs is 1. The Morgan fingerprint density at radius 1 is 1.00 bits per heavy atom. The van der Waals surface area contributed by atoms with Crippen molar-refractivity contribution < 1.29 is 4.79 Å². The third-order valence-electron chi connectivity index (χ3n) is 4.72. The lowest BCUT2D eigenvalue weighted by Crippen LogP contribution is -2.28. The third kappa shape index (κ3) is 3.90. The van der Waals surface area contributed by atoms with Gasteiger partial charge in [0.2, 0.25) is 5.91 Å². The van der Waals surface area contributed by atoms with Gasteiger partial charge in [-0.25, -0.2) is 4.68 Å². The number of hydrogen-bond acceptors (Lipinski definition) is 2. The largest absolute Gasteiger partial charge is 0.349 e. The summed E-state index contributed by atoms with van der Waals surface area (Å²) in [6, 6.07) is 24.3. The molecular weight excluding hydrogens is 334 g/mol. The van der Waals surface area contributed by atoms with E-state index in [1.54, 1.807) is 10.9 Å². The van der Waals surface area contributed by atoms with E-state index in [2.05, 4.69) is 40.7 Å². The van der Waals surface area contributed by atoms with E-state index >= 15 is 0 Å². The number of hydrogen-bond donors (Lipinski definition) is 1. The first-order valence-corrected chi connectivity index (χ1v) is 9.06. The minimum atomic E-state index is -0.0366. The van der Waals surface area contributed by atoms with E-state index in [-0.39, 0.29) is 11.9 Å². The second-order valence-electron chi connectivity index (χ2n) is 6.69. The van der Waals surface area contributed by atoms with Crippen LogP contribution in [-0.2, 0) is 11.2 Å². The SMILES string of the molecule is CC(NC(=O)Cc1ccc(-n2cccn2)cc1)c1ccc2ccccc2c1. The number of amides is 1. The van der Waals surface area contributed by atoms with Gasteiger partial charge in [0.15, 0.2) is 0 Å². The molecule has 1 unspecified atom stereocenters. The zero-order chi connectivity index (χ0) is 18.6. The number of carbonyl (C=O) groups excluding carboxylic acids is 1. The van der Waals surface area contributed by atoms with Crippen LogP contribution in [0, 0.1) is 0 Å². The molecule has 0 saturated heterocycles. The molecule has 1 atom stereocenters. The molecule has 0 spiro atoms. The molecule has 1 heterocycles. The van der Waals surface area contributed by atoms with E-state index in [1.165, 1.54) is 10.8 Å². The molecule has 1 N–H and O–H groups in total. The molecule has 4 aromatic rings. The van der Waals surface area contributed by atoms with Crippen LogP contribution in [0.1, 0.15) is 24.1 Å². The Balaban J connectivity index is 1.40. The van der Waals surface area contributed by atoms with Crippen LogP contribution in [0.4, 0.5) is 0 Å². The number of carbonyl (C=O) groups is 1. The Morgan fingerprint density at radius 3 is 2.52 bits per heavy atom. The van der Waals surface area contributed by atoms with Gasteiger partial charge in [0.05, 0.1) is 18.2 Å². The summed E-state index contributed by atoms with van der Waals surface area (Å²) in [6.45, 7) is 2.02. The molecule has 134 valence electrons. The molecule has 0 saturated carbocycles. The summed E-state index contributed by atoms with van der Waals surface area (Å²) < 4.78 is 1.80. The summed E-state index contributed by atoms with van der Waals surface area (Å²) in [7, 11) is 0. The van der Waals surface area contributed by atoms with Crippen molar-refractivity contribution in [3.05, 3.63) is 96.3 Å².